The second-order valence-electron chi connectivity index (χ2n) is 3.97. The Bertz CT molecular complexity index is 393. The predicted molar refractivity (Wildman–Crippen MR) is 61.6 cm³/mol. The molecule has 1 aliphatic heterocycles. The summed E-state index contributed by atoms with van der Waals surface area (Å²) in [6.07, 6.45) is 2.50. The molecule has 7 nitrogen and oxygen atoms in total. The number of hydrogen-bond donors (Lipinski definition) is 3. The molecule has 0 radical (unpaired) electrons. The average molecular weight is 263 g/mol. The van der Waals surface area contributed by atoms with Crippen molar-refractivity contribution in [2.45, 2.75) is 25.3 Å². The Morgan fingerprint density at radius 2 is 2.18 bits per heavy atom. The fourth-order valence-electron chi connectivity index (χ4n) is 1.49. The number of rotatable bonds is 6. The van der Waals surface area contributed by atoms with Crippen LogP contribution in [-0.4, -0.2) is 45.6 Å². The summed E-state index contributed by atoms with van der Waals surface area (Å²) in [5.74, 6) is -0.320. The fourth-order valence-corrected chi connectivity index (χ4v) is 2.01. The lowest BCUT2D eigenvalue weighted by atomic mass is 10.2. The van der Waals surface area contributed by atoms with Gasteiger partial charge in [0.1, 0.15) is 6.04 Å². The maximum Gasteiger partial charge on any atom is 0.242 e. The Labute approximate surface area is 100 Å². The molecule has 0 spiro atoms. The topological polar surface area (TPSA) is 104 Å². The Kier molecular flexibility index (Phi) is 4.88. The standard InChI is InChI=1S/C9H17N3O4S/c1-17(15,16)11-6-2-5-10-9(14)7-3-4-8(13)12-7/h7,11H,2-6H2,1H3,(H,10,14)(H,12,13). The highest BCUT2D eigenvalue weighted by atomic mass is 32.2. The first kappa shape index (κ1) is 13.9. The van der Waals surface area contributed by atoms with Crippen molar-refractivity contribution >= 4 is 21.8 Å². The van der Waals surface area contributed by atoms with E-state index in [0.29, 0.717) is 25.8 Å². The lowest BCUT2D eigenvalue weighted by Gasteiger charge is -2.10. The van der Waals surface area contributed by atoms with Gasteiger partial charge >= 0.3 is 0 Å². The molecular weight excluding hydrogens is 246 g/mol. The summed E-state index contributed by atoms with van der Waals surface area (Å²) in [4.78, 5) is 22.4. The molecule has 3 N–H and O–H groups in total. The third kappa shape index (κ3) is 5.64. The number of carbonyl (C=O) groups excluding carboxylic acids is 2. The van der Waals surface area contributed by atoms with Crippen molar-refractivity contribution in [2.75, 3.05) is 19.3 Å². The summed E-state index contributed by atoms with van der Waals surface area (Å²) >= 11 is 0. The second kappa shape index (κ2) is 5.97. The highest BCUT2D eigenvalue weighted by molar-refractivity contribution is 7.88. The number of hydrogen-bond acceptors (Lipinski definition) is 4. The van der Waals surface area contributed by atoms with Gasteiger partial charge < -0.3 is 10.6 Å². The molecule has 0 bridgehead atoms. The van der Waals surface area contributed by atoms with Crippen LogP contribution >= 0.6 is 0 Å². The van der Waals surface area contributed by atoms with E-state index in [1.165, 1.54) is 0 Å². The first-order valence-electron chi connectivity index (χ1n) is 5.40. The van der Waals surface area contributed by atoms with Crippen molar-refractivity contribution in [3.05, 3.63) is 0 Å². The quantitative estimate of drug-likeness (QED) is 0.498. The van der Waals surface area contributed by atoms with Crippen LogP contribution in [0.15, 0.2) is 0 Å². The van der Waals surface area contributed by atoms with Crippen LogP contribution in [0.3, 0.4) is 0 Å². The van der Waals surface area contributed by atoms with E-state index in [4.69, 9.17) is 0 Å². The van der Waals surface area contributed by atoms with Crippen LogP contribution in [0.1, 0.15) is 19.3 Å². The number of sulfonamides is 1. The van der Waals surface area contributed by atoms with Gasteiger partial charge in [0.05, 0.1) is 6.26 Å². The summed E-state index contributed by atoms with van der Waals surface area (Å²) in [7, 11) is -3.17. The maximum absolute atomic E-state index is 11.5. The van der Waals surface area contributed by atoms with Crippen molar-refractivity contribution in [3.8, 4) is 0 Å². The van der Waals surface area contributed by atoms with Gasteiger partial charge in [-0.2, -0.15) is 0 Å². The molecule has 0 aromatic heterocycles. The van der Waals surface area contributed by atoms with Gasteiger partial charge in [-0.25, -0.2) is 13.1 Å². The van der Waals surface area contributed by atoms with E-state index in [-0.39, 0.29) is 18.4 Å². The van der Waals surface area contributed by atoms with Crippen LogP contribution in [0.2, 0.25) is 0 Å². The minimum Gasteiger partial charge on any atom is -0.354 e. The van der Waals surface area contributed by atoms with Gasteiger partial charge in [-0.15, -0.1) is 0 Å². The van der Waals surface area contributed by atoms with Crippen molar-refractivity contribution in [1.29, 1.82) is 0 Å². The van der Waals surface area contributed by atoms with E-state index in [1.807, 2.05) is 0 Å². The SMILES string of the molecule is CS(=O)(=O)NCCCNC(=O)C1CCC(=O)N1. The van der Waals surface area contributed by atoms with Crippen LogP contribution in [0.5, 0.6) is 0 Å². The smallest absolute Gasteiger partial charge is 0.242 e. The summed E-state index contributed by atoms with van der Waals surface area (Å²) in [5, 5.41) is 5.20. The van der Waals surface area contributed by atoms with Crippen molar-refractivity contribution < 1.29 is 18.0 Å². The van der Waals surface area contributed by atoms with Crippen LogP contribution in [0, 0.1) is 0 Å². The first-order valence-corrected chi connectivity index (χ1v) is 7.29. The molecule has 0 aromatic carbocycles. The third-order valence-corrected chi connectivity index (χ3v) is 3.06. The fraction of sp³-hybridized carbons (Fsp3) is 0.778. The maximum atomic E-state index is 11.5. The monoisotopic (exact) mass is 263 g/mol. The molecule has 0 saturated carbocycles. The van der Waals surface area contributed by atoms with Crippen molar-refractivity contribution in [1.82, 2.24) is 15.4 Å². The number of amides is 2. The van der Waals surface area contributed by atoms with Gasteiger partial charge in [0.25, 0.3) is 0 Å². The molecule has 17 heavy (non-hydrogen) atoms. The van der Waals surface area contributed by atoms with E-state index < -0.39 is 16.1 Å². The Balaban J connectivity index is 2.10. The zero-order valence-electron chi connectivity index (χ0n) is 9.65. The largest absolute Gasteiger partial charge is 0.354 e. The third-order valence-electron chi connectivity index (χ3n) is 2.33. The van der Waals surface area contributed by atoms with Crippen LogP contribution in [0.4, 0.5) is 0 Å². The Morgan fingerprint density at radius 1 is 1.47 bits per heavy atom. The summed E-state index contributed by atoms with van der Waals surface area (Å²) in [5.41, 5.74) is 0. The molecule has 1 rings (SSSR count). The Morgan fingerprint density at radius 3 is 2.71 bits per heavy atom. The van der Waals surface area contributed by atoms with Gasteiger partial charge in [0.15, 0.2) is 0 Å². The van der Waals surface area contributed by atoms with Crippen LogP contribution in [0.25, 0.3) is 0 Å². The van der Waals surface area contributed by atoms with Crippen LogP contribution in [-0.2, 0) is 19.6 Å². The van der Waals surface area contributed by atoms with Gasteiger partial charge in [-0.05, 0) is 12.8 Å². The molecule has 1 unspecified atom stereocenters. The van der Waals surface area contributed by atoms with Gasteiger partial charge in [0, 0.05) is 19.5 Å². The highest BCUT2D eigenvalue weighted by Crippen LogP contribution is 2.05. The number of carbonyl (C=O) groups is 2. The zero-order valence-corrected chi connectivity index (χ0v) is 10.5. The van der Waals surface area contributed by atoms with Crippen molar-refractivity contribution in [2.24, 2.45) is 0 Å². The first-order chi connectivity index (χ1) is 7.88. The minimum absolute atomic E-state index is 0.108. The molecule has 1 fully saturated rings. The van der Waals surface area contributed by atoms with Gasteiger partial charge in [0.2, 0.25) is 21.8 Å². The molecule has 1 saturated heterocycles. The molecular formula is C9H17N3O4S. The lowest BCUT2D eigenvalue weighted by molar-refractivity contribution is -0.125. The molecule has 98 valence electrons. The molecule has 2 amide bonds. The van der Waals surface area contributed by atoms with Gasteiger partial charge in [-0.3, -0.25) is 9.59 Å². The van der Waals surface area contributed by atoms with Crippen LogP contribution < -0.4 is 15.4 Å². The molecule has 8 heteroatoms. The lowest BCUT2D eigenvalue weighted by Crippen LogP contribution is -2.42. The van der Waals surface area contributed by atoms with Gasteiger partial charge in [-0.1, -0.05) is 0 Å². The summed E-state index contributed by atoms with van der Waals surface area (Å²) in [6, 6.07) is -0.439. The average Bonchev–Trinajstić information content (AvgIpc) is 2.62. The Hall–Kier alpha value is -1.15. The van der Waals surface area contributed by atoms with E-state index in [1.54, 1.807) is 0 Å². The molecule has 1 atom stereocenters. The summed E-state index contributed by atoms with van der Waals surface area (Å²) in [6.45, 7) is 0.670. The van der Waals surface area contributed by atoms with E-state index in [2.05, 4.69) is 15.4 Å². The molecule has 1 heterocycles. The predicted octanol–water partition coefficient (Wildman–Crippen LogP) is -1.68. The van der Waals surface area contributed by atoms with E-state index in [9.17, 15) is 18.0 Å². The van der Waals surface area contributed by atoms with Crippen molar-refractivity contribution in [3.63, 3.8) is 0 Å². The van der Waals surface area contributed by atoms with E-state index >= 15 is 0 Å². The zero-order chi connectivity index (χ0) is 12.9. The minimum atomic E-state index is -3.17. The number of nitrogens with one attached hydrogen (secondary N) is 3. The molecule has 0 aliphatic carbocycles. The second-order valence-corrected chi connectivity index (χ2v) is 5.80. The normalized spacial score (nSPS) is 20.1. The molecule has 1 aliphatic rings. The summed E-state index contributed by atoms with van der Waals surface area (Å²) < 4.78 is 23.8. The molecule has 0 aromatic rings. The highest BCUT2D eigenvalue weighted by Gasteiger charge is 2.26. The van der Waals surface area contributed by atoms with E-state index in [0.717, 1.165) is 6.26 Å².